The van der Waals surface area contributed by atoms with Crippen LogP contribution in [-0.2, 0) is 9.47 Å². The van der Waals surface area contributed by atoms with Gasteiger partial charge >= 0.3 is 0 Å². The highest BCUT2D eigenvalue weighted by Crippen LogP contribution is 2.22. The lowest BCUT2D eigenvalue weighted by Crippen LogP contribution is -2.27. The van der Waals surface area contributed by atoms with Crippen LogP contribution in [0, 0.1) is 0 Å². The van der Waals surface area contributed by atoms with Crippen LogP contribution in [0.2, 0.25) is 0 Å². The molecule has 0 aromatic heterocycles. The Labute approximate surface area is 128 Å². The highest BCUT2D eigenvalue weighted by molar-refractivity contribution is 9.10. The van der Waals surface area contributed by atoms with E-state index in [4.69, 9.17) is 9.47 Å². The number of nitrogens with zero attached hydrogens (tertiary/aromatic N) is 1. The van der Waals surface area contributed by atoms with Gasteiger partial charge in [-0.2, -0.15) is 0 Å². The van der Waals surface area contributed by atoms with Gasteiger partial charge < -0.3 is 14.6 Å². The Bertz CT molecular complexity index is 400. The molecule has 1 aromatic carbocycles. The van der Waals surface area contributed by atoms with Gasteiger partial charge in [-0.1, -0.05) is 28.1 Å². The fourth-order valence-electron chi connectivity index (χ4n) is 2.61. The molecule has 0 amide bonds. The van der Waals surface area contributed by atoms with E-state index in [0.717, 1.165) is 29.7 Å². The number of halogens is 1. The van der Waals surface area contributed by atoms with Crippen molar-refractivity contribution in [1.82, 2.24) is 4.90 Å². The van der Waals surface area contributed by atoms with E-state index in [1.54, 1.807) is 14.2 Å². The van der Waals surface area contributed by atoms with Gasteiger partial charge in [-0.25, -0.2) is 0 Å². The van der Waals surface area contributed by atoms with Crippen molar-refractivity contribution in [2.45, 2.75) is 24.7 Å². The van der Waals surface area contributed by atoms with Gasteiger partial charge in [0.2, 0.25) is 0 Å². The van der Waals surface area contributed by atoms with Crippen LogP contribution in [0.3, 0.4) is 0 Å². The fourth-order valence-corrected chi connectivity index (χ4v) is 2.87. The highest BCUT2D eigenvalue weighted by Gasteiger charge is 2.32. The molecule has 1 fully saturated rings. The minimum Gasteiger partial charge on any atom is -0.388 e. The van der Waals surface area contributed by atoms with Gasteiger partial charge in [0, 0.05) is 38.3 Å². The highest BCUT2D eigenvalue weighted by atomic mass is 79.9. The summed E-state index contributed by atoms with van der Waals surface area (Å²) in [7, 11) is 3.44. The van der Waals surface area contributed by atoms with E-state index < -0.39 is 6.10 Å². The van der Waals surface area contributed by atoms with Gasteiger partial charge in [0.25, 0.3) is 0 Å². The van der Waals surface area contributed by atoms with Crippen molar-refractivity contribution in [2.75, 3.05) is 33.9 Å². The van der Waals surface area contributed by atoms with E-state index in [0.29, 0.717) is 6.42 Å². The Morgan fingerprint density at radius 1 is 1.20 bits per heavy atom. The van der Waals surface area contributed by atoms with Crippen LogP contribution < -0.4 is 0 Å². The number of ether oxygens (including phenoxy) is 2. The van der Waals surface area contributed by atoms with Crippen molar-refractivity contribution in [3.8, 4) is 0 Å². The Kier molecular flexibility index (Phi) is 5.99. The van der Waals surface area contributed by atoms with Gasteiger partial charge in [-0.3, -0.25) is 4.90 Å². The average Bonchev–Trinajstić information content (AvgIpc) is 2.88. The molecule has 1 saturated heterocycles. The van der Waals surface area contributed by atoms with E-state index in [1.807, 2.05) is 24.3 Å². The zero-order valence-electron chi connectivity index (χ0n) is 12.0. The van der Waals surface area contributed by atoms with Crippen LogP contribution in [0.5, 0.6) is 0 Å². The van der Waals surface area contributed by atoms with Crippen molar-refractivity contribution in [1.29, 1.82) is 0 Å². The number of hydrogen-bond donors (Lipinski definition) is 1. The second-order valence-electron chi connectivity index (χ2n) is 5.16. The standard InChI is InChI=1S/C15H22BrNO3/c1-19-14-9-17(10-15(14)20-2)8-7-13(18)11-3-5-12(16)6-4-11/h3-6,13-15,18H,7-10H2,1-2H3. The molecule has 1 heterocycles. The zero-order chi connectivity index (χ0) is 14.5. The lowest BCUT2D eigenvalue weighted by molar-refractivity contribution is -0.00461. The maximum absolute atomic E-state index is 10.2. The average molecular weight is 344 g/mol. The molecule has 1 aliphatic heterocycles. The van der Waals surface area contributed by atoms with Crippen molar-refractivity contribution in [3.05, 3.63) is 34.3 Å². The molecule has 2 rings (SSSR count). The SMILES string of the molecule is COC1CN(CCC(O)c2ccc(Br)cc2)CC1OC. The fraction of sp³-hybridized carbons (Fsp3) is 0.600. The first-order chi connectivity index (χ1) is 9.63. The second-order valence-corrected chi connectivity index (χ2v) is 6.08. The second kappa shape index (κ2) is 7.52. The largest absolute Gasteiger partial charge is 0.388 e. The predicted octanol–water partition coefficient (Wildman–Crippen LogP) is 2.22. The third-order valence-electron chi connectivity index (χ3n) is 3.87. The van der Waals surface area contributed by atoms with Crippen LogP contribution in [0.25, 0.3) is 0 Å². The molecular weight excluding hydrogens is 322 g/mol. The molecule has 5 heteroatoms. The van der Waals surface area contributed by atoms with Crippen molar-refractivity contribution in [3.63, 3.8) is 0 Å². The maximum Gasteiger partial charge on any atom is 0.0971 e. The zero-order valence-corrected chi connectivity index (χ0v) is 13.5. The summed E-state index contributed by atoms with van der Waals surface area (Å²) in [4.78, 5) is 2.28. The van der Waals surface area contributed by atoms with E-state index in [-0.39, 0.29) is 12.2 Å². The number of hydrogen-bond acceptors (Lipinski definition) is 4. The Balaban J connectivity index is 1.82. The van der Waals surface area contributed by atoms with Crippen LogP contribution in [0.4, 0.5) is 0 Å². The molecule has 0 saturated carbocycles. The Morgan fingerprint density at radius 3 is 2.25 bits per heavy atom. The lowest BCUT2D eigenvalue weighted by atomic mass is 10.1. The third-order valence-corrected chi connectivity index (χ3v) is 4.40. The van der Waals surface area contributed by atoms with E-state index in [1.165, 1.54) is 0 Å². The number of aliphatic hydroxyl groups excluding tert-OH is 1. The summed E-state index contributed by atoms with van der Waals surface area (Å²) in [6.45, 7) is 2.57. The van der Waals surface area contributed by atoms with Crippen molar-refractivity contribution >= 4 is 15.9 Å². The lowest BCUT2D eigenvalue weighted by Gasteiger charge is -2.18. The molecule has 1 aromatic rings. The third kappa shape index (κ3) is 4.02. The molecular formula is C15H22BrNO3. The van der Waals surface area contributed by atoms with Gasteiger partial charge in [-0.15, -0.1) is 0 Å². The summed E-state index contributed by atoms with van der Waals surface area (Å²) in [5.41, 5.74) is 0.957. The summed E-state index contributed by atoms with van der Waals surface area (Å²) in [5.74, 6) is 0. The van der Waals surface area contributed by atoms with E-state index in [2.05, 4.69) is 20.8 Å². The summed E-state index contributed by atoms with van der Waals surface area (Å²) in [5, 5.41) is 10.2. The molecule has 0 radical (unpaired) electrons. The first kappa shape index (κ1) is 15.9. The minimum atomic E-state index is -0.425. The first-order valence-electron chi connectivity index (χ1n) is 6.85. The first-order valence-corrected chi connectivity index (χ1v) is 7.64. The van der Waals surface area contributed by atoms with Crippen LogP contribution in [-0.4, -0.2) is 56.1 Å². The van der Waals surface area contributed by atoms with Crippen molar-refractivity contribution in [2.24, 2.45) is 0 Å². The molecule has 20 heavy (non-hydrogen) atoms. The normalized spacial score (nSPS) is 25.0. The van der Waals surface area contributed by atoms with Gasteiger partial charge in [-0.05, 0) is 24.1 Å². The van der Waals surface area contributed by atoms with E-state index in [9.17, 15) is 5.11 Å². The predicted molar refractivity (Wildman–Crippen MR) is 81.8 cm³/mol. The smallest absolute Gasteiger partial charge is 0.0971 e. The summed E-state index contributed by atoms with van der Waals surface area (Å²) in [6, 6.07) is 7.82. The summed E-state index contributed by atoms with van der Waals surface area (Å²) >= 11 is 3.40. The molecule has 4 nitrogen and oxygen atoms in total. The number of rotatable bonds is 6. The van der Waals surface area contributed by atoms with Gasteiger partial charge in [0.1, 0.15) is 0 Å². The molecule has 1 N–H and O–H groups in total. The number of aliphatic hydroxyl groups is 1. The van der Waals surface area contributed by atoms with Gasteiger partial charge in [0.05, 0.1) is 18.3 Å². The molecule has 0 aliphatic carbocycles. The molecule has 1 aliphatic rings. The Hall–Kier alpha value is -0.460. The molecule has 3 atom stereocenters. The van der Waals surface area contributed by atoms with Crippen LogP contribution >= 0.6 is 15.9 Å². The molecule has 3 unspecified atom stereocenters. The van der Waals surface area contributed by atoms with Crippen molar-refractivity contribution < 1.29 is 14.6 Å². The maximum atomic E-state index is 10.2. The Morgan fingerprint density at radius 2 is 1.75 bits per heavy atom. The van der Waals surface area contributed by atoms with Crippen LogP contribution in [0.1, 0.15) is 18.1 Å². The minimum absolute atomic E-state index is 0.129. The summed E-state index contributed by atoms with van der Waals surface area (Å²) < 4.78 is 11.9. The molecule has 112 valence electrons. The van der Waals surface area contributed by atoms with E-state index >= 15 is 0 Å². The molecule has 0 bridgehead atoms. The number of benzene rings is 1. The monoisotopic (exact) mass is 343 g/mol. The van der Waals surface area contributed by atoms with Gasteiger partial charge in [0.15, 0.2) is 0 Å². The quantitative estimate of drug-likeness (QED) is 0.859. The number of likely N-dealkylation sites (tertiary alicyclic amines) is 1. The molecule has 0 spiro atoms. The summed E-state index contributed by atoms with van der Waals surface area (Å²) in [6.07, 6.45) is 0.550. The van der Waals surface area contributed by atoms with Crippen LogP contribution in [0.15, 0.2) is 28.7 Å². The number of methoxy groups -OCH3 is 2. The topological polar surface area (TPSA) is 41.9 Å².